The van der Waals surface area contributed by atoms with Gasteiger partial charge in [0.1, 0.15) is 18.2 Å². The van der Waals surface area contributed by atoms with Crippen molar-refractivity contribution in [3.05, 3.63) is 77.5 Å². The van der Waals surface area contributed by atoms with Gasteiger partial charge in [0.15, 0.2) is 0 Å². The predicted octanol–water partition coefficient (Wildman–Crippen LogP) is 3.74. The normalized spacial score (nSPS) is 12.1. The number of rotatable bonds is 4. The lowest BCUT2D eigenvalue weighted by Gasteiger charge is -2.17. The van der Waals surface area contributed by atoms with Gasteiger partial charge in [-0.1, -0.05) is 24.3 Å². The van der Waals surface area contributed by atoms with E-state index in [9.17, 15) is 13.6 Å². The molecule has 0 aliphatic heterocycles. The fraction of sp³-hybridized carbons (Fsp3) is 0.111. The van der Waals surface area contributed by atoms with Crippen molar-refractivity contribution in [1.82, 2.24) is 4.98 Å². The van der Waals surface area contributed by atoms with Crippen LogP contribution in [-0.4, -0.2) is 17.7 Å². The van der Waals surface area contributed by atoms with Crippen molar-refractivity contribution in [1.29, 1.82) is 0 Å². The molecule has 1 unspecified atom stereocenters. The zero-order valence-corrected chi connectivity index (χ0v) is 12.6. The topological polar surface area (TPSA) is 65.2 Å². The van der Waals surface area contributed by atoms with Crippen molar-refractivity contribution >= 4 is 17.0 Å². The molecular formula is C18H14F2N2O2. The third kappa shape index (κ3) is 3.48. The zero-order chi connectivity index (χ0) is 17.1. The fourth-order valence-electron chi connectivity index (χ4n) is 2.57. The van der Waals surface area contributed by atoms with E-state index in [1.807, 2.05) is 30.3 Å². The molecule has 4 nitrogen and oxygen atoms in total. The molecule has 1 atom stereocenters. The molecule has 0 spiro atoms. The molecule has 3 aromatic rings. The van der Waals surface area contributed by atoms with Crippen molar-refractivity contribution in [3.63, 3.8) is 0 Å². The second kappa shape index (κ2) is 6.62. The lowest BCUT2D eigenvalue weighted by atomic mass is 9.95. The Labute approximate surface area is 136 Å². The molecule has 1 amide bonds. The van der Waals surface area contributed by atoms with Gasteiger partial charge < -0.3 is 10.5 Å². The average Bonchev–Trinajstić information content (AvgIpc) is 2.54. The molecule has 0 aliphatic carbocycles. The average molecular weight is 328 g/mol. The number of ether oxygens (including phenoxy) is 1. The van der Waals surface area contributed by atoms with Gasteiger partial charge in [-0.25, -0.2) is 13.6 Å². The van der Waals surface area contributed by atoms with Gasteiger partial charge in [0, 0.05) is 11.5 Å². The summed E-state index contributed by atoms with van der Waals surface area (Å²) in [7, 11) is 0. The summed E-state index contributed by atoms with van der Waals surface area (Å²) in [5.74, 6) is -2.06. The van der Waals surface area contributed by atoms with E-state index in [1.165, 1.54) is 12.1 Å². The van der Waals surface area contributed by atoms with E-state index >= 15 is 0 Å². The quantitative estimate of drug-likeness (QED) is 0.793. The number of carbonyl (C=O) groups is 1. The van der Waals surface area contributed by atoms with E-state index in [2.05, 4.69) is 4.98 Å². The number of benzene rings is 2. The van der Waals surface area contributed by atoms with Crippen LogP contribution >= 0.6 is 0 Å². The lowest BCUT2D eigenvalue weighted by Crippen LogP contribution is -2.19. The Balaban J connectivity index is 2.06. The maximum Gasteiger partial charge on any atom is 0.404 e. The lowest BCUT2D eigenvalue weighted by molar-refractivity contribution is 0.152. The Morgan fingerprint density at radius 2 is 1.79 bits per heavy atom. The van der Waals surface area contributed by atoms with Crippen LogP contribution in [0.5, 0.6) is 0 Å². The van der Waals surface area contributed by atoms with Crippen molar-refractivity contribution < 1.29 is 18.3 Å². The van der Waals surface area contributed by atoms with Crippen LogP contribution in [0.25, 0.3) is 10.9 Å². The summed E-state index contributed by atoms with van der Waals surface area (Å²) in [6.07, 6.45) is -0.960. The molecule has 6 heteroatoms. The van der Waals surface area contributed by atoms with Crippen LogP contribution in [0.1, 0.15) is 17.2 Å². The highest BCUT2D eigenvalue weighted by atomic mass is 19.1. The van der Waals surface area contributed by atoms with Crippen LogP contribution < -0.4 is 5.73 Å². The van der Waals surface area contributed by atoms with Gasteiger partial charge in [0.05, 0.1) is 17.1 Å². The van der Waals surface area contributed by atoms with Crippen molar-refractivity contribution in [2.45, 2.75) is 5.92 Å². The number of pyridine rings is 1. The standard InChI is InChI=1S/C18H14F2N2O2/c19-13-7-12(8-14(20)9-13)15(10-24-18(21)23)17-6-5-11-3-1-2-4-16(11)22-17/h1-9,15H,10H2,(H2,21,23). The molecule has 24 heavy (non-hydrogen) atoms. The van der Waals surface area contributed by atoms with Crippen LogP contribution in [0.4, 0.5) is 13.6 Å². The molecule has 1 heterocycles. The second-order valence-electron chi connectivity index (χ2n) is 5.31. The number of hydrogen-bond acceptors (Lipinski definition) is 3. The highest BCUT2D eigenvalue weighted by Gasteiger charge is 2.20. The summed E-state index contributed by atoms with van der Waals surface area (Å²) in [4.78, 5) is 15.5. The molecule has 3 rings (SSSR count). The minimum Gasteiger partial charge on any atom is -0.449 e. The summed E-state index contributed by atoms with van der Waals surface area (Å²) >= 11 is 0. The van der Waals surface area contributed by atoms with Gasteiger partial charge in [0.2, 0.25) is 0 Å². The third-order valence-corrected chi connectivity index (χ3v) is 3.66. The number of aromatic nitrogens is 1. The van der Waals surface area contributed by atoms with E-state index < -0.39 is 23.6 Å². The molecular weight excluding hydrogens is 314 g/mol. The number of hydrogen-bond donors (Lipinski definition) is 1. The molecule has 2 N–H and O–H groups in total. The summed E-state index contributed by atoms with van der Waals surface area (Å²) in [6, 6.07) is 14.2. The van der Waals surface area contributed by atoms with Gasteiger partial charge in [-0.2, -0.15) is 0 Å². The number of primary amides is 1. The van der Waals surface area contributed by atoms with E-state index in [4.69, 9.17) is 10.5 Å². The van der Waals surface area contributed by atoms with Crippen molar-refractivity contribution in [2.75, 3.05) is 6.61 Å². The molecule has 2 aromatic carbocycles. The second-order valence-corrected chi connectivity index (χ2v) is 5.31. The third-order valence-electron chi connectivity index (χ3n) is 3.66. The van der Waals surface area contributed by atoms with Crippen LogP contribution in [0, 0.1) is 11.6 Å². The number of carbonyl (C=O) groups excluding carboxylic acids is 1. The largest absolute Gasteiger partial charge is 0.449 e. The van der Waals surface area contributed by atoms with Gasteiger partial charge in [0.25, 0.3) is 0 Å². The Bertz CT molecular complexity index is 879. The SMILES string of the molecule is NC(=O)OCC(c1cc(F)cc(F)c1)c1ccc2ccccc2n1. The summed E-state index contributed by atoms with van der Waals surface area (Å²) in [5, 5.41) is 0.932. The van der Waals surface area contributed by atoms with Gasteiger partial charge in [-0.3, -0.25) is 4.98 Å². The van der Waals surface area contributed by atoms with Gasteiger partial charge in [-0.15, -0.1) is 0 Å². The van der Waals surface area contributed by atoms with E-state index in [0.29, 0.717) is 11.3 Å². The Morgan fingerprint density at radius 3 is 2.50 bits per heavy atom. The monoisotopic (exact) mass is 328 g/mol. The minimum atomic E-state index is -0.960. The first-order valence-corrected chi connectivity index (χ1v) is 7.27. The highest BCUT2D eigenvalue weighted by Crippen LogP contribution is 2.27. The van der Waals surface area contributed by atoms with E-state index in [0.717, 1.165) is 17.0 Å². The molecule has 122 valence electrons. The number of nitrogens with zero attached hydrogens (tertiary/aromatic N) is 1. The van der Waals surface area contributed by atoms with Crippen molar-refractivity contribution in [2.24, 2.45) is 5.73 Å². The number of para-hydroxylation sites is 1. The van der Waals surface area contributed by atoms with E-state index in [-0.39, 0.29) is 6.61 Å². The first-order valence-electron chi connectivity index (χ1n) is 7.27. The first kappa shape index (κ1) is 15.9. The summed E-state index contributed by atoms with van der Waals surface area (Å²) in [6.45, 7) is -0.163. The summed E-state index contributed by atoms with van der Waals surface area (Å²) in [5.41, 5.74) is 6.59. The molecule has 0 bridgehead atoms. The maximum atomic E-state index is 13.6. The Morgan fingerprint density at radius 1 is 1.08 bits per heavy atom. The number of amides is 1. The maximum absolute atomic E-state index is 13.6. The zero-order valence-electron chi connectivity index (χ0n) is 12.6. The molecule has 0 radical (unpaired) electrons. The van der Waals surface area contributed by atoms with Crippen molar-refractivity contribution in [3.8, 4) is 0 Å². The number of halogens is 2. The van der Waals surface area contributed by atoms with Crippen LogP contribution in [0.3, 0.4) is 0 Å². The van der Waals surface area contributed by atoms with E-state index in [1.54, 1.807) is 6.07 Å². The minimum absolute atomic E-state index is 0.163. The first-order chi connectivity index (χ1) is 11.5. The molecule has 0 saturated carbocycles. The molecule has 0 saturated heterocycles. The van der Waals surface area contributed by atoms with Gasteiger partial charge >= 0.3 is 6.09 Å². The Hall–Kier alpha value is -3.02. The molecule has 0 fully saturated rings. The number of fused-ring (bicyclic) bond motifs is 1. The van der Waals surface area contributed by atoms with Crippen LogP contribution in [0.2, 0.25) is 0 Å². The fourth-order valence-corrected chi connectivity index (χ4v) is 2.57. The van der Waals surface area contributed by atoms with Crippen LogP contribution in [-0.2, 0) is 4.74 Å². The molecule has 1 aromatic heterocycles. The molecule has 0 aliphatic rings. The number of nitrogens with two attached hydrogens (primary N) is 1. The Kier molecular flexibility index (Phi) is 4.37. The highest BCUT2D eigenvalue weighted by molar-refractivity contribution is 5.78. The summed E-state index contributed by atoms with van der Waals surface area (Å²) < 4.78 is 32.0. The van der Waals surface area contributed by atoms with Crippen LogP contribution in [0.15, 0.2) is 54.6 Å². The predicted molar refractivity (Wildman–Crippen MR) is 85.5 cm³/mol. The van der Waals surface area contributed by atoms with Gasteiger partial charge in [-0.05, 0) is 29.8 Å². The smallest absolute Gasteiger partial charge is 0.404 e.